The second-order valence-corrected chi connectivity index (χ2v) is 5.86. The van der Waals surface area contributed by atoms with E-state index in [0.29, 0.717) is 0 Å². The van der Waals surface area contributed by atoms with Gasteiger partial charge in [0.1, 0.15) is 0 Å². The Labute approximate surface area is 148 Å². The maximum absolute atomic E-state index is 14.0. The van der Waals surface area contributed by atoms with E-state index in [4.69, 9.17) is 23.2 Å². The van der Waals surface area contributed by atoms with E-state index in [9.17, 15) is 44.3 Å². The summed E-state index contributed by atoms with van der Waals surface area (Å²) in [5, 5.41) is 0.576. The summed E-state index contributed by atoms with van der Waals surface area (Å²) in [5.41, 5.74) is -0.718. The molecular formula is C12H4Cl2F9NO2. The summed E-state index contributed by atoms with van der Waals surface area (Å²) in [6.07, 6.45) is -6.31. The molecule has 1 fully saturated rings. The Morgan fingerprint density at radius 3 is 1.96 bits per heavy atom. The number of carbonyl (C=O) groups excluding carboxylic acids is 1. The van der Waals surface area contributed by atoms with Crippen molar-refractivity contribution in [1.29, 1.82) is 0 Å². The summed E-state index contributed by atoms with van der Waals surface area (Å²) in [5.74, 6) is -28.9. The Morgan fingerprint density at radius 1 is 1.00 bits per heavy atom. The van der Waals surface area contributed by atoms with Crippen LogP contribution in [0.3, 0.4) is 0 Å². The Hall–Kier alpha value is -1.40. The molecule has 3 nitrogen and oxygen atoms in total. The minimum Gasteiger partial charge on any atom is -0.319 e. The van der Waals surface area contributed by atoms with E-state index < -0.39 is 46.3 Å². The zero-order valence-corrected chi connectivity index (χ0v) is 13.2. The van der Waals surface area contributed by atoms with E-state index in [0.717, 1.165) is 23.5 Å². The number of hydrogen-bond donors (Lipinski definition) is 1. The van der Waals surface area contributed by atoms with Gasteiger partial charge in [-0.3, -0.25) is 9.53 Å². The lowest BCUT2D eigenvalue weighted by atomic mass is 9.99. The standard InChI is InChI=1S/C12H4Cl2F9NO2/c13-4-1-2-6(5(14)3-4)24-7(25)8(15,16)11(21)9(17,18)10(19,20)12(22,23)26-11/h1-3H,(H,24,25). The van der Waals surface area contributed by atoms with E-state index in [1.165, 1.54) is 0 Å². The quantitative estimate of drug-likeness (QED) is 0.668. The first-order chi connectivity index (χ1) is 11.5. The van der Waals surface area contributed by atoms with Crippen LogP contribution in [0, 0.1) is 0 Å². The molecule has 1 aliphatic rings. The minimum atomic E-state index is -6.76. The van der Waals surface area contributed by atoms with Crippen molar-refractivity contribution in [2.75, 3.05) is 5.32 Å². The molecule has 0 aromatic heterocycles. The highest BCUT2D eigenvalue weighted by molar-refractivity contribution is 6.36. The maximum Gasteiger partial charge on any atom is 0.428 e. The summed E-state index contributed by atoms with van der Waals surface area (Å²) in [6.45, 7) is 0. The number of halogens is 11. The molecule has 14 heteroatoms. The molecule has 0 radical (unpaired) electrons. The third-order valence-corrected chi connectivity index (χ3v) is 3.85. The first-order valence-electron chi connectivity index (χ1n) is 6.18. The molecule has 1 atom stereocenters. The predicted octanol–water partition coefficient (Wildman–Crippen LogP) is 5.13. The first kappa shape index (κ1) is 20.9. The SMILES string of the molecule is O=C(Nc1ccc(Cl)cc1Cl)C(F)(F)C1(F)OC(F)(F)C(F)(F)C1(F)F. The van der Waals surface area contributed by atoms with Crippen LogP contribution >= 0.6 is 23.2 Å². The monoisotopic (exact) mass is 435 g/mol. The van der Waals surface area contributed by atoms with Crippen molar-refractivity contribution in [2.45, 2.75) is 29.7 Å². The van der Waals surface area contributed by atoms with Crippen LogP contribution in [0.5, 0.6) is 0 Å². The zero-order chi connectivity index (χ0) is 20.3. The van der Waals surface area contributed by atoms with Crippen LogP contribution in [0.1, 0.15) is 0 Å². The van der Waals surface area contributed by atoms with Crippen molar-refractivity contribution in [3.63, 3.8) is 0 Å². The van der Waals surface area contributed by atoms with Crippen LogP contribution in [-0.2, 0) is 9.53 Å². The molecule has 0 spiro atoms. The maximum atomic E-state index is 14.0. The van der Waals surface area contributed by atoms with Crippen LogP contribution in [0.2, 0.25) is 10.0 Å². The molecule has 1 unspecified atom stereocenters. The number of anilines is 1. The second-order valence-electron chi connectivity index (χ2n) is 5.02. The predicted molar refractivity (Wildman–Crippen MR) is 69.8 cm³/mol. The smallest absolute Gasteiger partial charge is 0.319 e. The molecule has 0 bridgehead atoms. The van der Waals surface area contributed by atoms with Gasteiger partial charge in [-0.25, -0.2) is 0 Å². The summed E-state index contributed by atoms with van der Waals surface area (Å²) in [7, 11) is 0. The van der Waals surface area contributed by atoms with Gasteiger partial charge in [0.05, 0.1) is 10.7 Å². The number of amides is 1. The number of ether oxygens (including phenoxy) is 1. The van der Waals surface area contributed by atoms with Gasteiger partial charge in [0.15, 0.2) is 0 Å². The summed E-state index contributed by atoms with van der Waals surface area (Å²) < 4.78 is 122. The fourth-order valence-electron chi connectivity index (χ4n) is 1.89. The van der Waals surface area contributed by atoms with Gasteiger partial charge in [0.25, 0.3) is 0 Å². The third kappa shape index (κ3) is 2.61. The van der Waals surface area contributed by atoms with Gasteiger partial charge in [-0.2, -0.15) is 39.5 Å². The summed E-state index contributed by atoms with van der Waals surface area (Å²) in [4.78, 5) is 11.5. The third-order valence-electron chi connectivity index (χ3n) is 3.30. The molecule has 0 saturated carbocycles. The first-order valence-corrected chi connectivity index (χ1v) is 6.94. The van der Waals surface area contributed by atoms with Crippen molar-refractivity contribution in [3.05, 3.63) is 28.2 Å². The van der Waals surface area contributed by atoms with Crippen LogP contribution in [0.25, 0.3) is 0 Å². The fourth-order valence-corrected chi connectivity index (χ4v) is 2.34. The minimum absolute atomic E-state index is 0.0494. The van der Waals surface area contributed by atoms with Gasteiger partial charge >= 0.3 is 35.6 Å². The van der Waals surface area contributed by atoms with Gasteiger partial charge in [0.2, 0.25) is 0 Å². The Kier molecular flexibility index (Phi) is 4.66. The number of nitrogens with one attached hydrogen (secondary N) is 1. The molecule has 0 aliphatic carbocycles. The van der Waals surface area contributed by atoms with Gasteiger partial charge in [-0.15, -0.1) is 0 Å². The van der Waals surface area contributed by atoms with Crippen molar-refractivity contribution >= 4 is 34.8 Å². The number of rotatable bonds is 3. The summed E-state index contributed by atoms with van der Waals surface area (Å²) >= 11 is 11.0. The zero-order valence-electron chi connectivity index (χ0n) is 11.7. The van der Waals surface area contributed by atoms with Crippen LogP contribution in [-0.4, -0.2) is 35.6 Å². The highest BCUT2D eigenvalue weighted by atomic mass is 35.5. The molecule has 1 aromatic rings. The molecule has 1 saturated heterocycles. The van der Waals surface area contributed by atoms with Gasteiger partial charge in [0, 0.05) is 5.02 Å². The molecule has 1 aromatic carbocycles. The van der Waals surface area contributed by atoms with Crippen molar-refractivity contribution < 1.29 is 49.0 Å². The fraction of sp³-hybridized carbons (Fsp3) is 0.417. The number of carbonyl (C=O) groups is 1. The van der Waals surface area contributed by atoms with Crippen LogP contribution in [0.15, 0.2) is 18.2 Å². The van der Waals surface area contributed by atoms with E-state index >= 15 is 0 Å². The largest absolute Gasteiger partial charge is 0.428 e. The molecule has 1 aliphatic heterocycles. The van der Waals surface area contributed by atoms with Gasteiger partial charge in [-0.1, -0.05) is 23.2 Å². The van der Waals surface area contributed by atoms with E-state index in [2.05, 4.69) is 4.74 Å². The molecular weight excluding hydrogens is 432 g/mol. The molecule has 1 heterocycles. The lowest BCUT2D eigenvalue weighted by molar-refractivity contribution is -0.366. The summed E-state index contributed by atoms with van der Waals surface area (Å²) in [6, 6.07) is 2.65. The molecule has 1 N–H and O–H groups in total. The molecule has 146 valence electrons. The Morgan fingerprint density at radius 2 is 1.54 bits per heavy atom. The van der Waals surface area contributed by atoms with Gasteiger partial charge in [-0.05, 0) is 18.2 Å². The van der Waals surface area contributed by atoms with Crippen LogP contribution in [0.4, 0.5) is 45.2 Å². The van der Waals surface area contributed by atoms with Gasteiger partial charge < -0.3 is 5.32 Å². The van der Waals surface area contributed by atoms with Crippen LogP contribution < -0.4 is 5.32 Å². The highest BCUT2D eigenvalue weighted by Gasteiger charge is 2.96. The van der Waals surface area contributed by atoms with E-state index in [1.807, 2.05) is 0 Å². The van der Waals surface area contributed by atoms with Crippen molar-refractivity contribution in [2.24, 2.45) is 0 Å². The second kappa shape index (κ2) is 5.80. The lowest BCUT2D eigenvalue weighted by Crippen LogP contribution is -2.63. The van der Waals surface area contributed by atoms with E-state index in [-0.39, 0.29) is 5.02 Å². The number of hydrogen-bond acceptors (Lipinski definition) is 2. The van der Waals surface area contributed by atoms with Crippen molar-refractivity contribution in [1.82, 2.24) is 0 Å². The number of alkyl halides is 9. The highest BCUT2D eigenvalue weighted by Crippen LogP contribution is 2.64. The average Bonchev–Trinajstić information content (AvgIpc) is 2.57. The average molecular weight is 436 g/mol. The van der Waals surface area contributed by atoms with E-state index in [1.54, 1.807) is 0 Å². The Balaban J connectivity index is 2.44. The number of benzene rings is 1. The molecule has 1 amide bonds. The topological polar surface area (TPSA) is 38.3 Å². The lowest BCUT2D eigenvalue weighted by Gasteiger charge is -2.31. The van der Waals surface area contributed by atoms with Crippen molar-refractivity contribution in [3.8, 4) is 0 Å². The molecule has 2 rings (SSSR count). The normalized spacial score (nSPS) is 26.6. The molecule has 26 heavy (non-hydrogen) atoms. The Bertz CT molecular complexity index is 758.